The van der Waals surface area contributed by atoms with E-state index in [1.807, 2.05) is 6.07 Å². The van der Waals surface area contributed by atoms with Crippen LogP contribution in [0.1, 0.15) is 18.1 Å². The zero-order valence-corrected chi connectivity index (χ0v) is 10.6. The second kappa shape index (κ2) is 7.13. The van der Waals surface area contributed by atoms with Gasteiger partial charge in [0.1, 0.15) is 0 Å². The molecule has 6 nitrogen and oxygen atoms in total. The maximum Gasteiger partial charge on any atom is 0.332 e. The second-order valence-electron chi connectivity index (χ2n) is 3.76. The second-order valence-corrected chi connectivity index (χ2v) is 3.76. The lowest BCUT2D eigenvalue weighted by molar-refractivity contribution is -0.148. The van der Waals surface area contributed by atoms with E-state index in [4.69, 9.17) is 11.0 Å². The third-order valence-corrected chi connectivity index (χ3v) is 2.35. The van der Waals surface area contributed by atoms with Crippen molar-refractivity contribution in [1.82, 2.24) is 5.32 Å². The Morgan fingerprint density at radius 3 is 2.89 bits per heavy atom. The zero-order chi connectivity index (χ0) is 14.3. The molecular formula is C13H15N3O3. The molecule has 1 aromatic carbocycles. The highest BCUT2D eigenvalue weighted by molar-refractivity contribution is 6.01. The van der Waals surface area contributed by atoms with Crippen LogP contribution in [0.15, 0.2) is 24.3 Å². The summed E-state index contributed by atoms with van der Waals surface area (Å²) in [6, 6.07) is 7.45. The molecule has 0 aliphatic heterocycles. The van der Waals surface area contributed by atoms with Crippen LogP contribution in [0, 0.1) is 11.3 Å². The van der Waals surface area contributed by atoms with E-state index in [1.165, 1.54) is 0 Å². The highest BCUT2D eigenvalue weighted by Crippen LogP contribution is 2.03. The molecule has 1 aromatic rings. The SMILES string of the molecule is CCOC(=O)C(N)C(=O)NCc1cccc(C#N)c1. The van der Waals surface area contributed by atoms with Gasteiger partial charge in [-0.15, -0.1) is 0 Å². The largest absolute Gasteiger partial charge is 0.464 e. The average molecular weight is 261 g/mol. The van der Waals surface area contributed by atoms with E-state index in [2.05, 4.69) is 10.1 Å². The fourth-order valence-corrected chi connectivity index (χ4v) is 1.39. The van der Waals surface area contributed by atoms with Gasteiger partial charge in [0.25, 0.3) is 0 Å². The first-order valence-electron chi connectivity index (χ1n) is 5.77. The number of nitrogens with zero attached hydrogens (tertiary/aromatic N) is 1. The smallest absolute Gasteiger partial charge is 0.332 e. The molecule has 100 valence electrons. The Labute approximate surface area is 111 Å². The molecule has 3 N–H and O–H groups in total. The predicted molar refractivity (Wildman–Crippen MR) is 67.6 cm³/mol. The highest BCUT2D eigenvalue weighted by atomic mass is 16.5. The van der Waals surface area contributed by atoms with Crippen molar-refractivity contribution in [1.29, 1.82) is 5.26 Å². The van der Waals surface area contributed by atoms with Gasteiger partial charge in [-0.05, 0) is 24.6 Å². The van der Waals surface area contributed by atoms with Gasteiger partial charge in [0.2, 0.25) is 5.91 Å². The van der Waals surface area contributed by atoms with Crippen LogP contribution < -0.4 is 11.1 Å². The van der Waals surface area contributed by atoms with Crippen molar-refractivity contribution in [3.05, 3.63) is 35.4 Å². The van der Waals surface area contributed by atoms with Gasteiger partial charge < -0.3 is 15.8 Å². The van der Waals surface area contributed by atoms with Crippen LogP contribution in [-0.4, -0.2) is 24.5 Å². The maximum absolute atomic E-state index is 11.6. The number of esters is 1. The summed E-state index contributed by atoms with van der Waals surface area (Å²) in [5.74, 6) is -1.37. The van der Waals surface area contributed by atoms with Gasteiger partial charge in [0.15, 0.2) is 6.04 Å². The normalized spacial score (nSPS) is 11.2. The number of rotatable bonds is 5. The Balaban J connectivity index is 2.54. The average Bonchev–Trinajstić information content (AvgIpc) is 2.44. The molecule has 0 fully saturated rings. The minimum atomic E-state index is -1.33. The summed E-state index contributed by atoms with van der Waals surface area (Å²) >= 11 is 0. The molecule has 0 aliphatic carbocycles. The van der Waals surface area contributed by atoms with Crippen LogP contribution in [0.25, 0.3) is 0 Å². The number of nitriles is 1. The molecule has 0 bridgehead atoms. The number of nitrogens with two attached hydrogens (primary N) is 1. The molecule has 1 atom stereocenters. The van der Waals surface area contributed by atoms with E-state index in [0.29, 0.717) is 5.56 Å². The number of hydrogen-bond donors (Lipinski definition) is 2. The lowest BCUT2D eigenvalue weighted by Crippen LogP contribution is -2.46. The summed E-state index contributed by atoms with van der Waals surface area (Å²) in [6.07, 6.45) is 0. The van der Waals surface area contributed by atoms with Crippen LogP contribution in [0.5, 0.6) is 0 Å². The molecule has 0 saturated heterocycles. The van der Waals surface area contributed by atoms with E-state index in [9.17, 15) is 9.59 Å². The van der Waals surface area contributed by atoms with Crippen LogP contribution in [-0.2, 0) is 20.9 Å². The fourth-order valence-electron chi connectivity index (χ4n) is 1.39. The zero-order valence-electron chi connectivity index (χ0n) is 10.6. The number of nitrogens with one attached hydrogen (secondary N) is 1. The first kappa shape index (κ1) is 14.7. The number of benzene rings is 1. The van der Waals surface area contributed by atoms with Crippen LogP contribution in [0.4, 0.5) is 0 Å². The number of carbonyl (C=O) groups is 2. The van der Waals surface area contributed by atoms with E-state index >= 15 is 0 Å². The van der Waals surface area contributed by atoms with Crippen LogP contribution in [0.3, 0.4) is 0 Å². The van der Waals surface area contributed by atoms with E-state index in [-0.39, 0.29) is 13.2 Å². The Morgan fingerprint density at radius 2 is 2.26 bits per heavy atom. The summed E-state index contributed by atoms with van der Waals surface area (Å²) in [6.45, 7) is 2.00. The quantitative estimate of drug-likeness (QED) is 0.576. The van der Waals surface area contributed by atoms with Gasteiger partial charge in [0, 0.05) is 6.54 Å². The standard InChI is InChI=1S/C13H15N3O3/c1-2-19-13(18)11(15)12(17)16-8-10-5-3-4-9(6-10)7-14/h3-6,11H,2,8,15H2,1H3,(H,16,17). The maximum atomic E-state index is 11.6. The van der Waals surface area contributed by atoms with Crippen molar-refractivity contribution in [2.24, 2.45) is 5.73 Å². The molecule has 1 amide bonds. The lowest BCUT2D eigenvalue weighted by Gasteiger charge is -2.11. The molecular weight excluding hydrogens is 246 g/mol. The van der Waals surface area contributed by atoms with Gasteiger partial charge in [-0.1, -0.05) is 12.1 Å². The molecule has 1 unspecified atom stereocenters. The van der Waals surface area contributed by atoms with Crippen LogP contribution in [0.2, 0.25) is 0 Å². The van der Waals surface area contributed by atoms with Crippen molar-refractivity contribution < 1.29 is 14.3 Å². The van der Waals surface area contributed by atoms with E-state index < -0.39 is 17.9 Å². The van der Waals surface area contributed by atoms with Gasteiger partial charge in [-0.25, -0.2) is 4.79 Å². The van der Waals surface area contributed by atoms with Crippen molar-refractivity contribution in [2.75, 3.05) is 6.61 Å². The molecule has 0 heterocycles. The molecule has 0 saturated carbocycles. The van der Waals surface area contributed by atoms with Gasteiger partial charge >= 0.3 is 5.97 Å². The van der Waals surface area contributed by atoms with Crippen molar-refractivity contribution >= 4 is 11.9 Å². The van der Waals surface area contributed by atoms with Crippen molar-refractivity contribution in [3.63, 3.8) is 0 Å². The summed E-state index contributed by atoms with van der Waals surface area (Å²) in [4.78, 5) is 22.8. The summed E-state index contributed by atoms with van der Waals surface area (Å²) in [5, 5.41) is 11.3. The summed E-state index contributed by atoms with van der Waals surface area (Å²) < 4.78 is 4.65. The Bertz CT molecular complexity index is 508. The van der Waals surface area contributed by atoms with Gasteiger partial charge in [-0.2, -0.15) is 5.26 Å². The molecule has 0 aromatic heterocycles. The molecule has 0 aliphatic rings. The number of carbonyl (C=O) groups excluding carboxylic acids is 2. The first-order chi connectivity index (χ1) is 9.08. The predicted octanol–water partition coefficient (Wildman–Crippen LogP) is 0.0649. The molecule has 0 spiro atoms. The lowest BCUT2D eigenvalue weighted by atomic mass is 10.1. The Kier molecular flexibility index (Phi) is 5.51. The van der Waals surface area contributed by atoms with Gasteiger partial charge in [0.05, 0.1) is 18.2 Å². The van der Waals surface area contributed by atoms with E-state index in [1.54, 1.807) is 31.2 Å². The van der Waals surface area contributed by atoms with Crippen molar-refractivity contribution in [2.45, 2.75) is 19.5 Å². The van der Waals surface area contributed by atoms with Gasteiger partial charge in [-0.3, -0.25) is 4.79 Å². The summed E-state index contributed by atoms with van der Waals surface area (Å²) in [7, 11) is 0. The molecule has 6 heteroatoms. The third-order valence-electron chi connectivity index (χ3n) is 2.35. The third kappa shape index (κ3) is 4.41. The molecule has 19 heavy (non-hydrogen) atoms. The minimum absolute atomic E-state index is 0.171. The molecule has 1 rings (SSSR count). The van der Waals surface area contributed by atoms with Crippen LogP contribution >= 0.6 is 0 Å². The first-order valence-corrected chi connectivity index (χ1v) is 5.77. The van der Waals surface area contributed by atoms with E-state index in [0.717, 1.165) is 5.56 Å². The summed E-state index contributed by atoms with van der Waals surface area (Å²) in [5.41, 5.74) is 6.68. The molecule has 0 radical (unpaired) electrons. The highest BCUT2D eigenvalue weighted by Gasteiger charge is 2.22. The fraction of sp³-hybridized carbons (Fsp3) is 0.308. The number of ether oxygens (including phenoxy) is 1. The Hall–Kier alpha value is -2.39. The topological polar surface area (TPSA) is 105 Å². The Morgan fingerprint density at radius 1 is 1.53 bits per heavy atom. The minimum Gasteiger partial charge on any atom is -0.464 e. The number of hydrogen-bond acceptors (Lipinski definition) is 5. The van der Waals surface area contributed by atoms with Crippen molar-refractivity contribution in [3.8, 4) is 6.07 Å². The number of amides is 1. The monoisotopic (exact) mass is 261 g/mol.